The van der Waals surface area contributed by atoms with E-state index in [2.05, 4.69) is 4.98 Å². The zero-order valence-electron chi connectivity index (χ0n) is 19.0. The van der Waals surface area contributed by atoms with E-state index in [1.807, 2.05) is 51.1 Å². The Morgan fingerprint density at radius 1 is 1.28 bits per heavy atom. The van der Waals surface area contributed by atoms with Crippen LogP contribution in [0.5, 0.6) is 0 Å². The van der Waals surface area contributed by atoms with Crippen molar-refractivity contribution in [3.63, 3.8) is 0 Å². The molecule has 2 aromatic rings. The lowest BCUT2D eigenvalue weighted by Gasteiger charge is -2.32. The number of carbonyl (C=O) groups is 1. The number of hydrogen-bond donors (Lipinski definition) is 2. The molecule has 8 nitrogen and oxygen atoms in total. The molecule has 1 fully saturated rings. The van der Waals surface area contributed by atoms with Crippen molar-refractivity contribution >= 4 is 26.8 Å². The number of nitrogens with zero attached hydrogens (tertiary/aromatic N) is 2. The summed E-state index contributed by atoms with van der Waals surface area (Å²) in [6.45, 7) is 6.97. The highest BCUT2D eigenvalue weighted by Gasteiger charge is 2.33. The van der Waals surface area contributed by atoms with Gasteiger partial charge in [0.2, 0.25) is 15.9 Å². The number of fused-ring (bicyclic) bond motifs is 1. The molecule has 32 heavy (non-hydrogen) atoms. The Labute approximate surface area is 190 Å². The van der Waals surface area contributed by atoms with Gasteiger partial charge in [-0.3, -0.25) is 15.0 Å². The molecule has 0 spiro atoms. The van der Waals surface area contributed by atoms with Gasteiger partial charge < -0.3 is 4.74 Å². The Morgan fingerprint density at radius 3 is 2.62 bits per heavy atom. The second kappa shape index (κ2) is 10.7. The fraction of sp³-hybridized carbons (Fsp3) is 0.565. The number of sulfonamides is 1. The number of hydroxylamine groups is 1. The molecule has 0 aliphatic carbocycles. The third kappa shape index (κ3) is 6.25. The monoisotopic (exact) mass is 463 g/mol. The van der Waals surface area contributed by atoms with Crippen molar-refractivity contribution in [3.8, 4) is 0 Å². The molecule has 1 aliphatic rings. The third-order valence-corrected chi connectivity index (χ3v) is 7.82. The van der Waals surface area contributed by atoms with Crippen LogP contribution in [-0.4, -0.2) is 53.8 Å². The second-order valence-corrected chi connectivity index (χ2v) is 10.9. The molecule has 1 atom stereocenters. The highest BCUT2D eigenvalue weighted by molar-refractivity contribution is 7.89. The maximum Gasteiger partial charge on any atom is 0.247 e. The van der Waals surface area contributed by atoms with Crippen LogP contribution < -0.4 is 5.48 Å². The van der Waals surface area contributed by atoms with Crippen molar-refractivity contribution in [3.05, 3.63) is 41.6 Å². The summed E-state index contributed by atoms with van der Waals surface area (Å²) in [5, 5.41) is 10.0. The SMILES string of the molecule is Cc1cc(COC2CCN(S(=O)(=O)C[C@@H](CC(C)C)C(=O)NO)CC2)c2ccccc2n1. The smallest absolute Gasteiger partial charge is 0.247 e. The summed E-state index contributed by atoms with van der Waals surface area (Å²) in [6, 6.07) is 9.99. The van der Waals surface area contributed by atoms with Crippen molar-refractivity contribution in [1.29, 1.82) is 0 Å². The summed E-state index contributed by atoms with van der Waals surface area (Å²) in [4.78, 5) is 16.5. The second-order valence-electron chi connectivity index (χ2n) is 8.93. The quantitative estimate of drug-likeness (QED) is 0.437. The summed E-state index contributed by atoms with van der Waals surface area (Å²) in [5.74, 6) is -1.59. The normalized spacial score (nSPS) is 17.0. The fourth-order valence-electron chi connectivity index (χ4n) is 4.27. The van der Waals surface area contributed by atoms with Gasteiger partial charge in [0.15, 0.2) is 0 Å². The minimum absolute atomic E-state index is 0.0270. The third-order valence-electron chi connectivity index (χ3n) is 5.85. The molecule has 1 saturated heterocycles. The fourth-order valence-corrected chi connectivity index (χ4v) is 6.04. The molecule has 2 N–H and O–H groups in total. The lowest BCUT2D eigenvalue weighted by Crippen LogP contribution is -2.44. The Morgan fingerprint density at radius 2 is 1.97 bits per heavy atom. The van der Waals surface area contributed by atoms with Gasteiger partial charge in [-0.1, -0.05) is 32.0 Å². The first kappa shape index (κ1) is 24.6. The van der Waals surface area contributed by atoms with Gasteiger partial charge in [0.05, 0.1) is 29.9 Å². The molecule has 9 heteroatoms. The van der Waals surface area contributed by atoms with Crippen LogP contribution in [0.2, 0.25) is 0 Å². The Balaban J connectivity index is 1.57. The number of aromatic nitrogens is 1. The number of aryl methyl sites for hydroxylation is 1. The van der Waals surface area contributed by atoms with Gasteiger partial charge in [0, 0.05) is 24.2 Å². The molecule has 176 valence electrons. The molecule has 1 amide bonds. The predicted molar refractivity (Wildman–Crippen MR) is 123 cm³/mol. The van der Waals surface area contributed by atoms with E-state index in [0.29, 0.717) is 39.0 Å². The highest BCUT2D eigenvalue weighted by Crippen LogP contribution is 2.24. The van der Waals surface area contributed by atoms with E-state index in [4.69, 9.17) is 9.94 Å². The van der Waals surface area contributed by atoms with E-state index in [-0.39, 0.29) is 17.8 Å². The van der Waals surface area contributed by atoms with Crippen LogP contribution in [0.1, 0.15) is 44.4 Å². The van der Waals surface area contributed by atoms with E-state index in [0.717, 1.165) is 22.2 Å². The van der Waals surface area contributed by atoms with Gasteiger partial charge in [-0.2, -0.15) is 0 Å². The Kier molecular flexibility index (Phi) is 8.21. The molecule has 1 aliphatic heterocycles. The highest BCUT2D eigenvalue weighted by atomic mass is 32.2. The van der Waals surface area contributed by atoms with Crippen molar-refractivity contribution in [2.45, 2.75) is 52.7 Å². The maximum atomic E-state index is 12.9. The van der Waals surface area contributed by atoms with E-state index >= 15 is 0 Å². The van der Waals surface area contributed by atoms with E-state index < -0.39 is 21.8 Å². The molecule has 0 bridgehead atoms. The Hall–Kier alpha value is -2.07. The predicted octanol–water partition coefficient (Wildman–Crippen LogP) is 3.02. The van der Waals surface area contributed by atoms with Crippen molar-refractivity contribution in [2.75, 3.05) is 18.8 Å². The molecule has 0 unspecified atom stereocenters. The van der Waals surface area contributed by atoms with Crippen molar-refractivity contribution < 1.29 is 23.2 Å². The molecular formula is C23H33N3O5S. The lowest BCUT2D eigenvalue weighted by atomic mass is 9.98. The van der Waals surface area contributed by atoms with Gasteiger partial charge in [0.25, 0.3) is 0 Å². The molecule has 0 saturated carbocycles. The van der Waals surface area contributed by atoms with E-state index in [1.165, 1.54) is 4.31 Å². The molecule has 1 aromatic carbocycles. The summed E-state index contributed by atoms with van der Waals surface area (Å²) in [7, 11) is -3.61. The molecule has 1 aromatic heterocycles. The van der Waals surface area contributed by atoms with E-state index in [1.54, 1.807) is 5.48 Å². The topological polar surface area (TPSA) is 109 Å². The number of ether oxygens (including phenoxy) is 1. The van der Waals surface area contributed by atoms with Gasteiger partial charge in [-0.05, 0) is 49.8 Å². The molecule has 3 rings (SSSR count). The molecular weight excluding hydrogens is 430 g/mol. The maximum absolute atomic E-state index is 12.9. The standard InChI is InChI=1S/C23H33N3O5S/c1-16(2)12-19(23(27)25-28)15-32(29,30)26-10-8-20(9-11-26)31-14-18-13-17(3)24-22-7-5-4-6-21(18)22/h4-7,13,16,19-20,28H,8-12,14-15H2,1-3H3,(H,25,27)/t19-/m1/s1. The van der Waals surface area contributed by atoms with Crippen LogP contribution in [0.15, 0.2) is 30.3 Å². The minimum Gasteiger partial charge on any atom is -0.373 e. The van der Waals surface area contributed by atoms with Gasteiger partial charge >= 0.3 is 0 Å². The zero-order valence-corrected chi connectivity index (χ0v) is 19.8. The van der Waals surface area contributed by atoms with Gasteiger partial charge in [0.1, 0.15) is 0 Å². The van der Waals surface area contributed by atoms with Crippen LogP contribution in [-0.2, 0) is 26.2 Å². The summed E-state index contributed by atoms with van der Waals surface area (Å²) >= 11 is 0. The number of benzene rings is 1. The first-order valence-corrected chi connectivity index (χ1v) is 12.7. The van der Waals surface area contributed by atoms with Gasteiger partial charge in [-0.15, -0.1) is 0 Å². The lowest BCUT2D eigenvalue weighted by molar-refractivity contribution is -0.133. The Bertz CT molecular complexity index is 1030. The zero-order chi connectivity index (χ0) is 23.3. The van der Waals surface area contributed by atoms with Crippen LogP contribution in [0.3, 0.4) is 0 Å². The summed E-state index contributed by atoms with van der Waals surface area (Å²) in [5.41, 5.74) is 4.56. The number of nitrogens with one attached hydrogen (secondary N) is 1. The van der Waals surface area contributed by atoms with Gasteiger partial charge in [-0.25, -0.2) is 18.2 Å². The first-order valence-electron chi connectivity index (χ1n) is 11.1. The van der Waals surface area contributed by atoms with E-state index in [9.17, 15) is 13.2 Å². The summed E-state index contributed by atoms with van der Waals surface area (Å²) < 4.78 is 33.3. The minimum atomic E-state index is -3.61. The number of piperidine rings is 1. The molecule has 0 radical (unpaired) electrons. The van der Waals surface area contributed by atoms with Crippen molar-refractivity contribution in [1.82, 2.24) is 14.8 Å². The number of carbonyl (C=O) groups excluding carboxylic acids is 1. The van der Waals surface area contributed by atoms with Crippen LogP contribution in [0.4, 0.5) is 0 Å². The number of para-hydroxylation sites is 1. The van der Waals surface area contributed by atoms with Crippen LogP contribution >= 0.6 is 0 Å². The first-order chi connectivity index (χ1) is 15.2. The van der Waals surface area contributed by atoms with Crippen molar-refractivity contribution in [2.24, 2.45) is 11.8 Å². The number of rotatable bonds is 9. The largest absolute Gasteiger partial charge is 0.373 e. The number of amides is 1. The molecule has 2 heterocycles. The number of pyridine rings is 1. The number of hydrogen-bond acceptors (Lipinski definition) is 6. The average molecular weight is 464 g/mol. The summed E-state index contributed by atoms with van der Waals surface area (Å²) in [6.07, 6.45) is 1.57. The average Bonchev–Trinajstić information content (AvgIpc) is 2.76. The van der Waals surface area contributed by atoms with Crippen LogP contribution in [0.25, 0.3) is 10.9 Å². The van der Waals surface area contributed by atoms with Crippen LogP contribution in [0, 0.1) is 18.8 Å².